The summed E-state index contributed by atoms with van der Waals surface area (Å²) in [5, 5.41) is 3.76. The van der Waals surface area contributed by atoms with Crippen molar-refractivity contribution in [1.29, 1.82) is 0 Å². The zero-order valence-corrected chi connectivity index (χ0v) is 11.7. The molecule has 0 spiro atoms. The van der Waals surface area contributed by atoms with Gasteiger partial charge in [0.2, 0.25) is 0 Å². The molecule has 2 aromatic rings. The number of fused-ring (bicyclic) bond motifs is 3. The van der Waals surface area contributed by atoms with Gasteiger partial charge in [0, 0.05) is 12.0 Å². The molecule has 0 amide bonds. The molecule has 0 bridgehead atoms. The summed E-state index contributed by atoms with van der Waals surface area (Å²) in [7, 11) is 0. The van der Waals surface area contributed by atoms with Gasteiger partial charge in [-0.1, -0.05) is 55.5 Å². The molecule has 2 nitrogen and oxygen atoms in total. The van der Waals surface area contributed by atoms with E-state index in [9.17, 15) is 0 Å². The highest BCUT2D eigenvalue weighted by Crippen LogP contribution is 2.43. The molecule has 0 aromatic heterocycles. The van der Waals surface area contributed by atoms with E-state index in [4.69, 9.17) is 4.74 Å². The Morgan fingerprint density at radius 3 is 2.05 bits per heavy atom. The van der Waals surface area contributed by atoms with Gasteiger partial charge in [-0.15, -0.1) is 0 Å². The van der Waals surface area contributed by atoms with Crippen LogP contribution in [0.25, 0.3) is 11.1 Å². The van der Waals surface area contributed by atoms with Gasteiger partial charge in [0.05, 0.1) is 19.3 Å². The van der Waals surface area contributed by atoms with Gasteiger partial charge >= 0.3 is 0 Å². The molecule has 1 heterocycles. The molecular weight excluding hydrogens is 246 g/mol. The van der Waals surface area contributed by atoms with E-state index in [0.717, 1.165) is 19.8 Å². The van der Waals surface area contributed by atoms with Crippen LogP contribution in [0.1, 0.15) is 24.1 Å². The molecule has 1 aliphatic heterocycles. The fraction of sp³-hybridized carbons (Fsp3) is 0.333. The van der Waals surface area contributed by atoms with Crippen LogP contribution in [0.15, 0.2) is 48.5 Å². The first-order chi connectivity index (χ1) is 9.77. The maximum atomic E-state index is 5.35. The van der Waals surface area contributed by atoms with Crippen molar-refractivity contribution in [1.82, 2.24) is 5.32 Å². The van der Waals surface area contributed by atoms with E-state index in [1.165, 1.54) is 22.3 Å². The third kappa shape index (κ3) is 1.80. The molecule has 2 heteroatoms. The Kier molecular flexibility index (Phi) is 2.69. The monoisotopic (exact) mass is 265 g/mol. The average Bonchev–Trinajstić information content (AvgIpc) is 2.78. The molecule has 2 aliphatic rings. The molecule has 0 unspecified atom stereocenters. The number of hydrogen-bond donors (Lipinski definition) is 1. The van der Waals surface area contributed by atoms with Crippen LogP contribution in [-0.2, 0) is 4.74 Å². The topological polar surface area (TPSA) is 21.3 Å². The number of benzene rings is 2. The van der Waals surface area contributed by atoms with Gasteiger partial charge in [-0.3, -0.25) is 0 Å². The predicted molar refractivity (Wildman–Crippen MR) is 80.6 cm³/mol. The Bertz CT molecular complexity index is 600. The molecule has 0 radical (unpaired) electrons. The molecule has 0 saturated carbocycles. The van der Waals surface area contributed by atoms with Crippen molar-refractivity contribution in [3.63, 3.8) is 0 Å². The third-order valence-corrected chi connectivity index (χ3v) is 4.47. The van der Waals surface area contributed by atoms with Crippen LogP contribution in [0.4, 0.5) is 0 Å². The highest BCUT2D eigenvalue weighted by atomic mass is 16.5. The van der Waals surface area contributed by atoms with Crippen molar-refractivity contribution in [3.05, 3.63) is 59.7 Å². The van der Waals surface area contributed by atoms with E-state index >= 15 is 0 Å². The summed E-state index contributed by atoms with van der Waals surface area (Å²) in [4.78, 5) is 0. The van der Waals surface area contributed by atoms with Crippen molar-refractivity contribution >= 4 is 0 Å². The number of nitrogens with one attached hydrogen (secondary N) is 1. The second-order valence-corrected chi connectivity index (χ2v) is 6.29. The lowest BCUT2D eigenvalue weighted by molar-refractivity contribution is -0.0996. The molecular formula is C18H19NO. The van der Waals surface area contributed by atoms with Crippen LogP contribution in [0.5, 0.6) is 0 Å². The Morgan fingerprint density at radius 1 is 1.00 bits per heavy atom. The summed E-state index contributed by atoms with van der Waals surface area (Å²) in [6, 6.07) is 17.8. The molecule has 2 aromatic carbocycles. The molecule has 1 fully saturated rings. The highest BCUT2D eigenvalue weighted by molar-refractivity contribution is 5.78. The zero-order chi connectivity index (χ0) is 13.6. The van der Waals surface area contributed by atoms with Gasteiger partial charge in [-0.25, -0.2) is 0 Å². The second-order valence-electron chi connectivity index (χ2n) is 6.29. The van der Waals surface area contributed by atoms with Gasteiger partial charge < -0.3 is 10.1 Å². The Hall–Kier alpha value is -1.64. The first kappa shape index (κ1) is 12.1. The van der Waals surface area contributed by atoms with Crippen molar-refractivity contribution < 1.29 is 4.74 Å². The molecule has 1 aliphatic carbocycles. The van der Waals surface area contributed by atoms with E-state index in [1.54, 1.807) is 0 Å². The van der Waals surface area contributed by atoms with E-state index < -0.39 is 0 Å². The minimum absolute atomic E-state index is 0.298. The summed E-state index contributed by atoms with van der Waals surface area (Å²) in [5.41, 5.74) is 5.84. The molecule has 102 valence electrons. The first-order valence-electron chi connectivity index (χ1n) is 7.26. The Morgan fingerprint density at radius 2 is 1.55 bits per heavy atom. The fourth-order valence-electron chi connectivity index (χ4n) is 3.28. The first-order valence-corrected chi connectivity index (χ1v) is 7.26. The molecule has 20 heavy (non-hydrogen) atoms. The van der Waals surface area contributed by atoms with Gasteiger partial charge in [0.15, 0.2) is 0 Å². The van der Waals surface area contributed by atoms with Crippen molar-refractivity contribution in [2.24, 2.45) is 5.41 Å². The maximum Gasteiger partial charge on any atom is 0.0589 e. The normalized spacial score (nSPS) is 19.2. The van der Waals surface area contributed by atoms with Crippen LogP contribution in [-0.4, -0.2) is 19.8 Å². The second kappa shape index (κ2) is 4.44. The van der Waals surface area contributed by atoms with E-state index in [1.807, 2.05) is 0 Å². The molecule has 1 N–H and O–H groups in total. The molecule has 1 saturated heterocycles. The van der Waals surface area contributed by atoms with E-state index in [0.29, 0.717) is 11.5 Å². The van der Waals surface area contributed by atoms with Gasteiger partial charge in [0.1, 0.15) is 0 Å². The zero-order valence-electron chi connectivity index (χ0n) is 11.7. The van der Waals surface area contributed by atoms with Crippen LogP contribution >= 0.6 is 0 Å². The Balaban J connectivity index is 1.68. The fourth-order valence-corrected chi connectivity index (χ4v) is 3.28. The number of ether oxygens (including phenoxy) is 1. The lowest BCUT2D eigenvalue weighted by atomic mass is 9.88. The standard InChI is InChI=1S/C18H19NO/c1-18(11-20-12-18)10-19-17-15-8-4-2-6-13(15)14-7-3-5-9-16(14)17/h2-9,17,19H,10-12H2,1H3. The smallest absolute Gasteiger partial charge is 0.0589 e. The largest absolute Gasteiger partial charge is 0.380 e. The van der Waals surface area contributed by atoms with Gasteiger partial charge in [-0.2, -0.15) is 0 Å². The summed E-state index contributed by atoms with van der Waals surface area (Å²) in [5.74, 6) is 0. The molecule has 4 rings (SSSR count). The Labute approximate surface area is 119 Å². The summed E-state index contributed by atoms with van der Waals surface area (Å²) >= 11 is 0. The third-order valence-electron chi connectivity index (χ3n) is 4.47. The van der Waals surface area contributed by atoms with Gasteiger partial charge in [-0.05, 0) is 22.3 Å². The summed E-state index contributed by atoms with van der Waals surface area (Å²) in [6.07, 6.45) is 0. The highest BCUT2D eigenvalue weighted by Gasteiger charge is 2.35. The minimum atomic E-state index is 0.298. The number of rotatable bonds is 3. The van der Waals surface area contributed by atoms with E-state index in [-0.39, 0.29) is 0 Å². The van der Waals surface area contributed by atoms with Crippen LogP contribution in [0.3, 0.4) is 0 Å². The lowest BCUT2D eigenvalue weighted by Crippen LogP contribution is -2.47. The average molecular weight is 265 g/mol. The minimum Gasteiger partial charge on any atom is -0.380 e. The van der Waals surface area contributed by atoms with Gasteiger partial charge in [0.25, 0.3) is 0 Å². The van der Waals surface area contributed by atoms with Crippen molar-refractivity contribution in [2.75, 3.05) is 19.8 Å². The summed E-state index contributed by atoms with van der Waals surface area (Å²) in [6.45, 7) is 5.03. The SMILES string of the molecule is CC1(CNC2c3ccccc3-c3ccccc32)COC1. The van der Waals surface area contributed by atoms with Crippen molar-refractivity contribution in [2.45, 2.75) is 13.0 Å². The molecule has 0 atom stereocenters. The van der Waals surface area contributed by atoms with Crippen molar-refractivity contribution in [3.8, 4) is 11.1 Å². The number of hydrogen-bond acceptors (Lipinski definition) is 2. The predicted octanol–water partition coefficient (Wildman–Crippen LogP) is 3.38. The maximum absolute atomic E-state index is 5.35. The quantitative estimate of drug-likeness (QED) is 0.918. The summed E-state index contributed by atoms with van der Waals surface area (Å²) < 4.78 is 5.35. The lowest BCUT2D eigenvalue weighted by Gasteiger charge is -2.39. The van der Waals surface area contributed by atoms with Crippen LogP contribution < -0.4 is 5.32 Å². The van der Waals surface area contributed by atoms with Crippen LogP contribution in [0, 0.1) is 5.41 Å². The van der Waals surface area contributed by atoms with Crippen LogP contribution in [0.2, 0.25) is 0 Å². The van der Waals surface area contributed by atoms with E-state index in [2.05, 4.69) is 60.8 Å².